The Kier molecular flexibility index (Phi) is 2.70. The Morgan fingerprint density at radius 1 is 1.47 bits per heavy atom. The van der Waals surface area contributed by atoms with Gasteiger partial charge in [0.15, 0.2) is 0 Å². The van der Waals surface area contributed by atoms with Crippen LogP contribution in [0.3, 0.4) is 0 Å². The van der Waals surface area contributed by atoms with Crippen LogP contribution in [0.2, 0.25) is 0 Å². The lowest BCUT2D eigenvalue weighted by Gasteiger charge is -2.41. The van der Waals surface area contributed by atoms with Gasteiger partial charge < -0.3 is 5.11 Å². The molecule has 1 nitrogen and oxygen atoms in total. The minimum Gasteiger partial charge on any atom is -0.392 e. The van der Waals surface area contributed by atoms with Crippen LogP contribution in [0.4, 0.5) is 0 Å². The van der Waals surface area contributed by atoms with Gasteiger partial charge in [-0.15, -0.1) is 6.58 Å². The summed E-state index contributed by atoms with van der Waals surface area (Å²) >= 11 is 0. The molecule has 0 radical (unpaired) electrons. The molecule has 0 aromatic carbocycles. The van der Waals surface area contributed by atoms with Crippen molar-refractivity contribution < 1.29 is 5.11 Å². The molecule has 4 atom stereocenters. The van der Waals surface area contributed by atoms with E-state index in [0.717, 1.165) is 23.8 Å². The predicted octanol–water partition coefficient (Wildman–Crippen LogP) is 3.39. The van der Waals surface area contributed by atoms with Crippen molar-refractivity contribution >= 4 is 0 Å². The highest BCUT2D eigenvalue weighted by molar-refractivity contribution is 5.06. The van der Waals surface area contributed by atoms with Crippen LogP contribution in [0.5, 0.6) is 0 Å². The topological polar surface area (TPSA) is 20.2 Å². The first kappa shape index (κ1) is 11.2. The number of hydrogen-bond donors (Lipinski definition) is 1. The maximum atomic E-state index is 10.3. The second kappa shape index (κ2) is 3.62. The summed E-state index contributed by atoms with van der Waals surface area (Å²) in [6.07, 6.45) is 4.70. The smallest absolute Gasteiger partial charge is 0.0613 e. The van der Waals surface area contributed by atoms with Gasteiger partial charge in [-0.1, -0.05) is 19.4 Å². The molecule has 15 heavy (non-hydrogen) atoms. The number of rotatable bonds is 3. The molecule has 0 aromatic heterocycles. The maximum Gasteiger partial charge on any atom is 0.0613 e. The Bertz CT molecular complexity index is 267. The molecule has 2 aliphatic carbocycles. The van der Waals surface area contributed by atoms with Crippen molar-refractivity contribution in [3.05, 3.63) is 12.2 Å². The van der Waals surface area contributed by atoms with E-state index in [1.54, 1.807) is 0 Å². The lowest BCUT2D eigenvalue weighted by molar-refractivity contribution is -0.00162. The van der Waals surface area contributed by atoms with E-state index in [4.69, 9.17) is 0 Å². The van der Waals surface area contributed by atoms with Crippen LogP contribution in [0.15, 0.2) is 12.2 Å². The van der Waals surface area contributed by atoms with Gasteiger partial charge in [0.2, 0.25) is 0 Å². The van der Waals surface area contributed by atoms with Crippen molar-refractivity contribution in [2.75, 3.05) is 0 Å². The first-order chi connectivity index (χ1) is 6.93. The Labute approximate surface area is 93.6 Å². The van der Waals surface area contributed by atoms with E-state index in [1.807, 2.05) is 6.92 Å². The second-order valence-electron chi connectivity index (χ2n) is 6.35. The fourth-order valence-electron chi connectivity index (χ4n) is 4.19. The molecule has 0 aliphatic heterocycles. The zero-order chi connectivity index (χ0) is 11.2. The van der Waals surface area contributed by atoms with Crippen molar-refractivity contribution in [3.8, 4) is 0 Å². The second-order valence-corrected chi connectivity index (χ2v) is 6.35. The average molecular weight is 208 g/mol. The van der Waals surface area contributed by atoms with Crippen LogP contribution in [0.1, 0.15) is 46.5 Å². The van der Waals surface area contributed by atoms with Gasteiger partial charge >= 0.3 is 0 Å². The van der Waals surface area contributed by atoms with Gasteiger partial charge in [-0.25, -0.2) is 0 Å². The number of aliphatic hydroxyl groups excluding tert-OH is 1. The summed E-state index contributed by atoms with van der Waals surface area (Å²) in [7, 11) is 0. The van der Waals surface area contributed by atoms with Crippen LogP contribution in [-0.4, -0.2) is 11.2 Å². The van der Waals surface area contributed by atoms with E-state index in [2.05, 4.69) is 20.4 Å². The Morgan fingerprint density at radius 3 is 2.60 bits per heavy atom. The molecule has 2 saturated carbocycles. The van der Waals surface area contributed by atoms with E-state index in [-0.39, 0.29) is 6.10 Å². The third kappa shape index (κ3) is 1.75. The fourth-order valence-corrected chi connectivity index (χ4v) is 4.19. The molecule has 0 saturated heterocycles. The molecular formula is C14H24O. The summed E-state index contributed by atoms with van der Waals surface area (Å²) in [5, 5.41) is 10.3. The summed E-state index contributed by atoms with van der Waals surface area (Å²) < 4.78 is 0. The SMILES string of the molecule is C=C(C)CC(O)C1C2CCC(C2)C1(C)C. The zero-order valence-electron chi connectivity index (χ0n) is 10.3. The highest BCUT2D eigenvalue weighted by Crippen LogP contribution is 2.60. The monoisotopic (exact) mass is 208 g/mol. The van der Waals surface area contributed by atoms with E-state index in [0.29, 0.717) is 11.3 Å². The van der Waals surface area contributed by atoms with Gasteiger partial charge in [-0.05, 0) is 55.8 Å². The van der Waals surface area contributed by atoms with Gasteiger partial charge in [-0.3, -0.25) is 0 Å². The number of fused-ring (bicyclic) bond motifs is 2. The van der Waals surface area contributed by atoms with Gasteiger partial charge in [0.05, 0.1) is 6.10 Å². The molecule has 0 amide bonds. The number of hydrogen-bond acceptors (Lipinski definition) is 1. The van der Waals surface area contributed by atoms with Crippen molar-refractivity contribution in [2.24, 2.45) is 23.2 Å². The van der Waals surface area contributed by atoms with Crippen LogP contribution in [-0.2, 0) is 0 Å². The van der Waals surface area contributed by atoms with Crippen molar-refractivity contribution in [3.63, 3.8) is 0 Å². The van der Waals surface area contributed by atoms with Gasteiger partial charge in [0.1, 0.15) is 0 Å². The van der Waals surface area contributed by atoms with Gasteiger partial charge in [0.25, 0.3) is 0 Å². The molecule has 0 spiro atoms. The van der Waals surface area contributed by atoms with E-state index >= 15 is 0 Å². The van der Waals surface area contributed by atoms with Crippen molar-refractivity contribution in [1.29, 1.82) is 0 Å². The lowest BCUT2D eigenvalue weighted by Crippen LogP contribution is -2.38. The van der Waals surface area contributed by atoms with Crippen LogP contribution >= 0.6 is 0 Å². The molecule has 1 heteroatoms. The highest BCUT2D eigenvalue weighted by Gasteiger charge is 2.54. The normalized spacial score (nSPS) is 39.3. The third-order valence-corrected chi connectivity index (χ3v) is 4.86. The van der Waals surface area contributed by atoms with Crippen LogP contribution < -0.4 is 0 Å². The molecule has 2 rings (SSSR count). The molecule has 0 heterocycles. The zero-order valence-corrected chi connectivity index (χ0v) is 10.3. The molecule has 2 bridgehead atoms. The Balaban J connectivity index is 2.11. The summed E-state index contributed by atoms with van der Waals surface area (Å²) in [4.78, 5) is 0. The van der Waals surface area contributed by atoms with Crippen molar-refractivity contribution in [2.45, 2.75) is 52.6 Å². The quantitative estimate of drug-likeness (QED) is 0.705. The largest absolute Gasteiger partial charge is 0.392 e. The third-order valence-electron chi connectivity index (χ3n) is 4.86. The first-order valence-electron chi connectivity index (χ1n) is 6.25. The Hall–Kier alpha value is -0.300. The molecule has 2 fully saturated rings. The standard InChI is InChI=1S/C14H24O/c1-9(2)7-12(15)13-10-5-6-11(8-10)14(13,3)4/h10-13,15H,1,5-8H2,2-4H3. The molecule has 0 aromatic rings. The Morgan fingerprint density at radius 2 is 2.13 bits per heavy atom. The summed E-state index contributed by atoms with van der Waals surface area (Å²) in [5.74, 6) is 2.14. The first-order valence-corrected chi connectivity index (χ1v) is 6.25. The van der Waals surface area contributed by atoms with E-state index < -0.39 is 0 Å². The average Bonchev–Trinajstić information content (AvgIpc) is 2.58. The molecule has 2 aliphatic rings. The summed E-state index contributed by atoms with van der Waals surface area (Å²) in [6.45, 7) is 10.6. The van der Waals surface area contributed by atoms with Crippen LogP contribution in [0.25, 0.3) is 0 Å². The minimum absolute atomic E-state index is 0.159. The number of aliphatic hydroxyl groups is 1. The van der Waals surface area contributed by atoms with E-state index in [1.165, 1.54) is 19.3 Å². The van der Waals surface area contributed by atoms with Gasteiger partial charge in [0, 0.05) is 0 Å². The fraction of sp³-hybridized carbons (Fsp3) is 0.857. The predicted molar refractivity (Wildman–Crippen MR) is 63.5 cm³/mol. The lowest BCUT2D eigenvalue weighted by atomic mass is 9.66. The molecule has 4 unspecified atom stereocenters. The van der Waals surface area contributed by atoms with E-state index in [9.17, 15) is 5.11 Å². The van der Waals surface area contributed by atoms with Crippen molar-refractivity contribution in [1.82, 2.24) is 0 Å². The minimum atomic E-state index is -0.159. The van der Waals surface area contributed by atoms with Crippen LogP contribution in [0, 0.1) is 23.2 Å². The molecular weight excluding hydrogens is 184 g/mol. The maximum absolute atomic E-state index is 10.3. The molecule has 1 N–H and O–H groups in total. The van der Waals surface area contributed by atoms with Gasteiger partial charge in [-0.2, -0.15) is 0 Å². The highest BCUT2D eigenvalue weighted by atomic mass is 16.3. The summed E-state index contributed by atoms with van der Waals surface area (Å²) in [6, 6.07) is 0. The molecule has 86 valence electrons. The summed E-state index contributed by atoms with van der Waals surface area (Å²) in [5.41, 5.74) is 1.46.